The Morgan fingerprint density at radius 2 is 1.83 bits per heavy atom. The first-order valence-electron chi connectivity index (χ1n) is 10.7. The molecule has 29 heavy (non-hydrogen) atoms. The van der Waals surface area contributed by atoms with Crippen molar-refractivity contribution in [3.63, 3.8) is 0 Å². The quantitative estimate of drug-likeness (QED) is 0.572. The van der Waals surface area contributed by atoms with Crippen molar-refractivity contribution in [1.29, 1.82) is 0 Å². The average Bonchev–Trinajstić information content (AvgIpc) is 3.00. The van der Waals surface area contributed by atoms with Crippen LogP contribution in [0.25, 0.3) is 6.08 Å². The standard InChI is InChI=1S/C23H29NO5/c25-22(24-12-3-6-18-5-1-2-7-19(18)24)16-29-23(26)11-9-17-8-10-20-21(15-17)28-14-4-13-27-20/h8-11,15,18-19H,1-7,12-14,16H2/b11-9+/t18-,19+/m0/s1. The maximum atomic E-state index is 12.6. The van der Waals surface area contributed by atoms with Crippen molar-refractivity contribution in [2.24, 2.45) is 5.92 Å². The van der Waals surface area contributed by atoms with Gasteiger partial charge in [-0.05, 0) is 55.4 Å². The summed E-state index contributed by atoms with van der Waals surface area (Å²) < 4.78 is 16.5. The van der Waals surface area contributed by atoms with Crippen LogP contribution in [0.1, 0.15) is 50.5 Å². The van der Waals surface area contributed by atoms with Crippen molar-refractivity contribution >= 4 is 18.0 Å². The third-order valence-corrected chi connectivity index (χ3v) is 6.08. The number of hydrogen-bond acceptors (Lipinski definition) is 5. The van der Waals surface area contributed by atoms with E-state index >= 15 is 0 Å². The fraction of sp³-hybridized carbons (Fsp3) is 0.565. The number of ether oxygens (including phenoxy) is 3. The SMILES string of the molecule is O=C(/C=C/c1ccc2c(c1)OCCCO2)OCC(=O)N1CCC[C@@H]2CCCC[C@H]21. The number of rotatable bonds is 4. The van der Waals surface area contributed by atoms with Gasteiger partial charge in [-0.3, -0.25) is 4.79 Å². The van der Waals surface area contributed by atoms with E-state index in [9.17, 15) is 9.59 Å². The van der Waals surface area contributed by atoms with Crippen LogP contribution in [0.3, 0.4) is 0 Å². The maximum absolute atomic E-state index is 12.6. The lowest BCUT2D eigenvalue weighted by molar-refractivity contribution is -0.151. The van der Waals surface area contributed by atoms with Crippen molar-refractivity contribution in [2.75, 3.05) is 26.4 Å². The summed E-state index contributed by atoms with van der Waals surface area (Å²) in [6.45, 7) is 1.85. The molecular weight excluding hydrogens is 370 g/mol. The van der Waals surface area contributed by atoms with Gasteiger partial charge < -0.3 is 19.1 Å². The van der Waals surface area contributed by atoms with Crippen molar-refractivity contribution in [2.45, 2.75) is 51.0 Å². The van der Waals surface area contributed by atoms with Crippen LogP contribution in [-0.4, -0.2) is 49.2 Å². The molecule has 0 unspecified atom stereocenters. The van der Waals surface area contributed by atoms with Gasteiger partial charge in [-0.25, -0.2) is 4.79 Å². The Kier molecular flexibility index (Phi) is 6.37. The van der Waals surface area contributed by atoms with Gasteiger partial charge in [0.05, 0.1) is 13.2 Å². The summed E-state index contributed by atoms with van der Waals surface area (Å²) in [4.78, 5) is 26.7. The van der Waals surface area contributed by atoms with E-state index in [-0.39, 0.29) is 12.5 Å². The van der Waals surface area contributed by atoms with Crippen LogP contribution in [0.5, 0.6) is 11.5 Å². The molecule has 1 saturated heterocycles. The number of benzene rings is 1. The minimum atomic E-state index is -0.511. The second-order valence-electron chi connectivity index (χ2n) is 8.04. The molecule has 6 nitrogen and oxygen atoms in total. The van der Waals surface area contributed by atoms with E-state index in [1.165, 1.54) is 31.8 Å². The second-order valence-corrected chi connectivity index (χ2v) is 8.04. The fourth-order valence-corrected chi connectivity index (χ4v) is 4.65. The highest BCUT2D eigenvalue weighted by molar-refractivity contribution is 5.89. The third-order valence-electron chi connectivity index (χ3n) is 6.08. The molecule has 1 saturated carbocycles. The first-order valence-corrected chi connectivity index (χ1v) is 10.7. The number of hydrogen-bond donors (Lipinski definition) is 0. The minimum Gasteiger partial charge on any atom is -0.490 e. The van der Waals surface area contributed by atoms with Crippen LogP contribution in [0.15, 0.2) is 24.3 Å². The molecule has 0 bridgehead atoms. The molecule has 3 aliphatic rings. The number of esters is 1. The second kappa shape index (κ2) is 9.33. The zero-order valence-corrected chi connectivity index (χ0v) is 16.8. The summed E-state index contributed by atoms with van der Waals surface area (Å²) in [5.41, 5.74) is 0.818. The minimum absolute atomic E-state index is 0.0704. The van der Waals surface area contributed by atoms with Gasteiger partial charge in [0.25, 0.3) is 5.91 Å². The highest BCUT2D eigenvalue weighted by Crippen LogP contribution is 2.35. The van der Waals surface area contributed by atoms with E-state index in [4.69, 9.17) is 14.2 Å². The average molecular weight is 399 g/mol. The summed E-state index contributed by atoms with van der Waals surface area (Å²) >= 11 is 0. The smallest absolute Gasteiger partial charge is 0.331 e. The summed E-state index contributed by atoms with van der Waals surface area (Å²) in [6.07, 6.45) is 10.9. The number of piperidine rings is 1. The fourth-order valence-electron chi connectivity index (χ4n) is 4.65. The normalized spacial score (nSPS) is 23.9. The Balaban J connectivity index is 1.29. The molecule has 2 atom stereocenters. The van der Waals surface area contributed by atoms with Gasteiger partial charge in [0.15, 0.2) is 18.1 Å². The molecule has 2 heterocycles. The first-order chi connectivity index (χ1) is 14.2. The number of fused-ring (bicyclic) bond motifs is 2. The molecule has 2 fully saturated rings. The molecule has 4 rings (SSSR count). The number of amides is 1. The molecule has 0 radical (unpaired) electrons. The number of nitrogens with zero attached hydrogens (tertiary/aromatic N) is 1. The first kappa shape index (κ1) is 19.8. The summed E-state index contributed by atoms with van der Waals surface area (Å²) in [7, 11) is 0. The number of likely N-dealkylation sites (tertiary alicyclic amines) is 1. The molecule has 6 heteroatoms. The maximum Gasteiger partial charge on any atom is 0.331 e. The van der Waals surface area contributed by atoms with Crippen LogP contribution < -0.4 is 9.47 Å². The van der Waals surface area contributed by atoms with Crippen LogP contribution in [0, 0.1) is 5.92 Å². The molecule has 1 aromatic carbocycles. The zero-order chi connectivity index (χ0) is 20.1. The van der Waals surface area contributed by atoms with Crippen LogP contribution in [0.2, 0.25) is 0 Å². The van der Waals surface area contributed by atoms with E-state index < -0.39 is 5.97 Å². The molecule has 0 N–H and O–H groups in total. The van der Waals surface area contributed by atoms with E-state index in [2.05, 4.69) is 0 Å². The summed E-state index contributed by atoms with van der Waals surface area (Å²) in [5, 5.41) is 0. The van der Waals surface area contributed by atoms with Gasteiger partial charge in [0.1, 0.15) is 0 Å². The Hall–Kier alpha value is -2.50. The van der Waals surface area contributed by atoms with Gasteiger partial charge in [-0.1, -0.05) is 18.9 Å². The van der Waals surface area contributed by atoms with Crippen molar-refractivity contribution in [1.82, 2.24) is 4.90 Å². The Labute approximate surface area is 171 Å². The van der Waals surface area contributed by atoms with E-state index in [0.29, 0.717) is 30.9 Å². The van der Waals surface area contributed by atoms with Crippen LogP contribution in [0.4, 0.5) is 0 Å². The third kappa shape index (κ3) is 4.92. The van der Waals surface area contributed by atoms with Crippen molar-refractivity contribution < 1.29 is 23.8 Å². The molecule has 0 spiro atoms. The monoisotopic (exact) mass is 399 g/mol. The van der Waals surface area contributed by atoms with Crippen LogP contribution >= 0.6 is 0 Å². The molecule has 1 aliphatic carbocycles. The highest BCUT2D eigenvalue weighted by atomic mass is 16.5. The van der Waals surface area contributed by atoms with Crippen molar-refractivity contribution in [3.8, 4) is 11.5 Å². The Morgan fingerprint density at radius 3 is 2.72 bits per heavy atom. The van der Waals surface area contributed by atoms with E-state index in [0.717, 1.165) is 37.1 Å². The Morgan fingerprint density at radius 1 is 1.03 bits per heavy atom. The van der Waals surface area contributed by atoms with Crippen molar-refractivity contribution in [3.05, 3.63) is 29.8 Å². The molecule has 0 aromatic heterocycles. The molecule has 156 valence electrons. The molecule has 1 aromatic rings. The lowest BCUT2D eigenvalue weighted by Gasteiger charge is -2.44. The predicted molar refractivity (Wildman–Crippen MR) is 109 cm³/mol. The van der Waals surface area contributed by atoms with E-state index in [1.54, 1.807) is 6.08 Å². The Bertz CT molecular complexity index is 773. The summed E-state index contributed by atoms with van der Waals surface area (Å²) in [5.74, 6) is 1.44. The topological polar surface area (TPSA) is 65.1 Å². The molecule has 1 amide bonds. The van der Waals surface area contributed by atoms with Gasteiger partial charge in [0, 0.05) is 25.1 Å². The lowest BCUT2D eigenvalue weighted by Crippen LogP contribution is -2.50. The zero-order valence-electron chi connectivity index (χ0n) is 16.8. The summed E-state index contributed by atoms with van der Waals surface area (Å²) in [6, 6.07) is 5.87. The van der Waals surface area contributed by atoms with Gasteiger partial charge >= 0.3 is 5.97 Å². The molecule has 2 aliphatic heterocycles. The van der Waals surface area contributed by atoms with Gasteiger partial charge in [-0.2, -0.15) is 0 Å². The van der Waals surface area contributed by atoms with Gasteiger partial charge in [0.2, 0.25) is 0 Å². The number of carbonyl (C=O) groups is 2. The lowest BCUT2D eigenvalue weighted by atomic mass is 9.78. The molecular formula is C23H29NO5. The predicted octanol–water partition coefficient (Wildman–Crippen LogP) is 3.59. The largest absolute Gasteiger partial charge is 0.490 e. The van der Waals surface area contributed by atoms with Gasteiger partial charge in [-0.15, -0.1) is 0 Å². The van der Waals surface area contributed by atoms with Crippen LogP contribution in [-0.2, 0) is 14.3 Å². The highest BCUT2D eigenvalue weighted by Gasteiger charge is 2.35. The van der Waals surface area contributed by atoms with E-state index in [1.807, 2.05) is 23.1 Å². The number of carbonyl (C=O) groups excluding carboxylic acids is 2.